The third-order valence-electron chi connectivity index (χ3n) is 2.74. The Kier molecular flexibility index (Phi) is 3.45. The van der Waals surface area contributed by atoms with Crippen molar-refractivity contribution in [2.24, 2.45) is 0 Å². The number of aromatic amines is 1. The third-order valence-corrected chi connectivity index (χ3v) is 2.74. The topological polar surface area (TPSA) is 75.6 Å². The maximum atomic E-state index is 12.0. The minimum absolute atomic E-state index is 0.138. The van der Waals surface area contributed by atoms with Crippen molar-refractivity contribution in [2.75, 3.05) is 5.32 Å². The van der Waals surface area contributed by atoms with E-state index in [9.17, 15) is 4.79 Å². The van der Waals surface area contributed by atoms with Crippen molar-refractivity contribution >= 4 is 11.9 Å². The molecule has 96 valence electrons. The Hall–Kier alpha value is -2.11. The molecule has 0 saturated carbocycles. The highest BCUT2D eigenvalue weighted by atomic mass is 16.2. The van der Waals surface area contributed by atoms with Gasteiger partial charge in [-0.3, -0.25) is 15.2 Å². The second-order valence-electron chi connectivity index (χ2n) is 4.49. The third kappa shape index (κ3) is 2.58. The molecule has 2 N–H and O–H groups in total. The lowest BCUT2D eigenvalue weighted by molar-refractivity contribution is -0.118. The molecular formula is C12H17N5O. The zero-order valence-electron chi connectivity index (χ0n) is 10.7. The van der Waals surface area contributed by atoms with Crippen molar-refractivity contribution in [1.82, 2.24) is 19.7 Å². The molecule has 0 radical (unpaired) electrons. The van der Waals surface area contributed by atoms with Gasteiger partial charge in [0.2, 0.25) is 11.9 Å². The van der Waals surface area contributed by atoms with Gasteiger partial charge in [-0.25, -0.2) is 0 Å². The van der Waals surface area contributed by atoms with Crippen LogP contribution in [0, 0.1) is 0 Å². The molecule has 2 aromatic heterocycles. The van der Waals surface area contributed by atoms with Gasteiger partial charge in [-0.1, -0.05) is 13.8 Å². The molecule has 0 aliphatic heterocycles. The van der Waals surface area contributed by atoms with Crippen LogP contribution < -0.4 is 5.32 Å². The van der Waals surface area contributed by atoms with Crippen LogP contribution in [0.5, 0.6) is 0 Å². The molecule has 0 aromatic carbocycles. The number of anilines is 1. The Morgan fingerprint density at radius 3 is 2.56 bits per heavy atom. The molecule has 2 rings (SSSR count). The van der Waals surface area contributed by atoms with Crippen molar-refractivity contribution in [3.63, 3.8) is 0 Å². The predicted molar refractivity (Wildman–Crippen MR) is 68.2 cm³/mol. The quantitative estimate of drug-likeness (QED) is 0.866. The van der Waals surface area contributed by atoms with Gasteiger partial charge in [-0.15, -0.1) is 5.10 Å². The highest BCUT2D eigenvalue weighted by Gasteiger charge is 2.16. The standard InChI is InChI=1S/C12H17N5O/c1-8(2)10-13-12(16-15-10)14-11(18)9(3)17-6-4-5-7-17/h4-9H,1-3H3,(H2,13,14,15,16,18)/t9-/m0/s1. The molecule has 0 unspecified atom stereocenters. The van der Waals surface area contributed by atoms with Crippen LogP contribution in [0.1, 0.15) is 38.6 Å². The molecule has 0 saturated heterocycles. The highest BCUT2D eigenvalue weighted by Crippen LogP contribution is 2.12. The molecule has 0 aliphatic rings. The van der Waals surface area contributed by atoms with Crippen molar-refractivity contribution in [1.29, 1.82) is 0 Å². The summed E-state index contributed by atoms with van der Waals surface area (Å²) in [5, 5.41) is 9.46. The van der Waals surface area contributed by atoms with Crippen LogP contribution in [0.2, 0.25) is 0 Å². The summed E-state index contributed by atoms with van der Waals surface area (Å²) in [6.07, 6.45) is 3.70. The fraction of sp³-hybridized carbons (Fsp3) is 0.417. The van der Waals surface area contributed by atoms with Crippen LogP contribution in [-0.4, -0.2) is 25.7 Å². The molecule has 0 spiro atoms. The smallest absolute Gasteiger partial charge is 0.249 e. The molecule has 0 fully saturated rings. The van der Waals surface area contributed by atoms with E-state index in [-0.39, 0.29) is 17.9 Å². The minimum atomic E-state index is -0.291. The summed E-state index contributed by atoms with van der Waals surface area (Å²) in [4.78, 5) is 16.2. The first-order chi connectivity index (χ1) is 8.58. The number of carbonyl (C=O) groups excluding carboxylic acids is 1. The fourth-order valence-electron chi connectivity index (χ4n) is 1.54. The summed E-state index contributed by atoms with van der Waals surface area (Å²) < 4.78 is 1.82. The lowest BCUT2D eigenvalue weighted by atomic mass is 10.2. The van der Waals surface area contributed by atoms with Gasteiger partial charge in [0.1, 0.15) is 11.9 Å². The van der Waals surface area contributed by atoms with Gasteiger partial charge in [0.05, 0.1) is 0 Å². The Morgan fingerprint density at radius 2 is 2.00 bits per heavy atom. The van der Waals surface area contributed by atoms with Crippen molar-refractivity contribution in [2.45, 2.75) is 32.7 Å². The largest absolute Gasteiger partial charge is 0.342 e. The molecule has 1 amide bonds. The number of hydrogen-bond acceptors (Lipinski definition) is 3. The summed E-state index contributed by atoms with van der Waals surface area (Å²) in [6, 6.07) is 3.47. The summed E-state index contributed by atoms with van der Waals surface area (Å²) in [6.45, 7) is 5.84. The number of H-pyrrole nitrogens is 1. The monoisotopic (exact) mass is 247 g/mol. The first kappa shape index (κ1) is 12.3. The van der Waals surface area contributed by atoms with E-state index in [0.717, 1.165) is 5.82 Å². The van der Waals surface area contributed by atoms with Gasteiger partial charge in [-0.05, 0) is 19.1 Å². The average molecular weight is 247 g/mol. The van der Waals surface area contributed by atoms with E-state index in [1.54, 1.807) is 0 Å². The lowest BCUT2D eigenvalue weighted by Crippen LogP contribution is -2.23. The Labute approximate surface area is 105 Å². The second-order valence-corrected chi connectivity index (χ2v) is 4.49. The molecule has 0 aliphatic carbocycles. The summed E-state index contributed by atoms with van der Waals surface area (Å²) in [7, 11) is 0. The van der Waals surface area contributed by atoms with Crippen molar-refractivity contribution in [3.8, 4) is 0 Å². The Bertz CT molecular complexity index is 514. The average Bonchev–Trinajstić information content (AvgIpc) is 2.98. The van der Waals surface area contributed by atoms with E-state index in [4.69, 9.17) is 0 Å². The van der Waals surface area contributed by atoms with Crippen molar-refractivity contribution < 1.29 is 4.79 Å². The van der Waals surface area contributed by atoms with Crippen LogP contribution in [0.4, 0.5) is 5.95 Å². The van der Waals surface area contributed by atoms with E-state index in [1.807, 2.05) is 49.9 Å². The van der Waals surface area contributed by atoms with Crippen molar-refractivity contribution in [3.05, 3.63) is 30.4 Å². The first-order valence-electron chi connectivity index (χ1n) is 5.93. The van der Waals surface area contributed by atoms with Gasteiger partial charge in [-0.2, -0.15) is 4.98 Å². The fourth-order valence-corrected chi connectivity index (χ4v) is 1.54. The molecule has 2 heterocycles. The molecule has 6 heteroatoms. The maximum absolute atomic E-state index is 12.0. The van der Waals surface area contributed by atoms with Gasteiger partial charge in [0.15, 0.2) is 0 Å². The molecule has 6 nitrogen and oxygen atoms in total. The van der Waals surface area contributed by atoms with Gasteiger partial charge in [0, 0.05) is 18.3 Å². The van der Waals surface area contributed by atoms with E-state index in [0.29, 0.717) is 5.95 Å². The zero-order chi connectivity index (χ0) is 13.1. The first-order valence-corrected chi connectivity index (χ1v) is 5.93. The molecule has 0 bridgehead atoms. The maximum Gasteiger partial charge on any atom is 0.249 e. The van der Waals surface area contributed by atoms with Gasteiger partial charge >= 0.3 is 0 Å². The van der Waals surface area contributed by atoms with Crippen LogP contribution in [0.3, 0.4) is 0 Å². The Morgan fingerprint density at radius 1 is 1.33 bits per heavy atom. The van der Waals surface area contributed by atoms with Gasteiger partial charge in [0.25, 0.3) is 0 Å². The van der Waals surface area contributed by atoms with Crippen LogP contribution >= 0.6 is 0 Å². The number of rotatable bonds is 4. The van der Waals surface area contributed by atoms with E-state index in [2.05, 4.69) is 20.5 Å². The normalized spacial score (nSPS) is 12.7. The molecule has 18 heavy (non-hydrogen) atoms. The van der Waals surface area contributed by atoms with E-state index < -0.39 is 0 Å². The number of aromatic nitrogens is 4. The minimum Gasteiger partial charge on any atom is -0.342 e. The number of carbonyl (C=O) groups is 1. The summed E-state index contributed by atoms with van der Waals surface area (Å²) >= 11 is 0. The van der Waals surface area contributed by atoms with E-state index >= 15 is 0 Å². The summed E-state index contributed by atoms with van der Waals surface area (Å²) in [5.74, 6) is 1.20. The second kappa shape index (κ2) is 5.03. The Balaban J connectivity index is 2.02. The molecule has 2 aromatic rings. The lowest BCUT2D eigenvalue weighted by Gasteiger charge is -2.11. The number of nitrogens with one attached hydrogen (secondary N) is 2. The van der Waals surface area contributed by atoms with Crippen LogP contribution in [0.15, 0.2) is 24.5 Å². The zero-order valence-corrected chi connectivity index (χ0v) is 10.7. The van der Waals surface area contributed by atoms with Gasteiger partial charge < -0.3 is 4.57 Å². The SMILES string of the molecule is CC(C)c1nc(NC(=O)[C@H](C)n2cccc2)n[nH]1. The predicted octanol–water partition coefficient (Wildman–Crippen LogP) is 1.93. The molecule has 1 atom stereocenters. The molecular weight excluding hydrogens is 230 g/mol. The summed E-state index contributed by atoms with van der Waals surface area (Å²) in [5.41, 5.74) is 0. The van der Waals surface area contributed by atoms with E-state index in [1.165, 1.54) is 0 Å². The number of amides is 1. The van der Waals surface area contributed by atoms with Crippen LogP contribution in [0.25, 0.3) is 0 Å². The number of hydrogen-bond donors (Lipinski definition) is 2. The number of nitrogens with zero attached hydrogens (tertiary/aromatic N) is 3. The highest BCUT2D eigenvalue weighted by molar-refractivity contribution is 5.91. The van der Waals surface area contributed by atoms with Crippen LogP contribution in [-0.2, 0) is 4.79 Å².